The molecule has 0 saturated heterocycles. The van der Waals surface area contributed by atoms with Crippen molar-refractivity contribution in [3.05, 3.63) is 16.1 Å². The highest BCUT2D eigenvalue weighted by molar-refractivity contribution is 7.11. The normalized spacial score (nSPS) is 11.6. The average Bonchev–Trinajstić information content (AvgIpc) is 2.86. The molecule has 0 unspecified atom stereocenters. The molecule has 102 valence electrons. The van der Waals surface area contributed by atoms with Crippen LogP contribution in [0.25, 0.3) is 0 Å². The van der Waals surface area contributed by atoms with Crippen LogP contribution in [0.5, 0.6) is 0 Å². The van der Waals surface area contributed by atoms with Crippen molar-refractivity contribution in [2.75, 3.05) is 13.6 Å². The third-order valence-corrected chi connectivity index (χ3v) is 3.79. The summed E-state index contributed by atoms with van der Waals surface area (Å²) in [5.74, 6) is 0.861. The van der Waals surface area contributed by atoms with E-state index >= 15 is 0 Å². The molecule has 1 heterocycles. The Hall–Kier alpha value is -1.10. The van der Waals surface area contributed by atoms with E-state index in [1.54, 1.807) is 18.4 Å². The molecule has 0 amide bonds. The number of hydrogen-bond acceptors (Lipinski definition) is 3. The van der Waals surface area contributed by atoms with Gasteiger partial charge in [-0.1, -0.05) is 26.7 Å². The number of rotatable bonds is 7. The Bertz CT molecular complexity index is 360. The van der Waals surface area contributed by atoms with Crippen LogP contribution in [0, 0.1) is 0 Å². The predicted molar refractivity (Wildman–Crippen MR) is 79.2 cm³/mol. The molecule has 1 rings (SSSR count). The van der Waals surface area contributed by atoms with Gasteiger partial charge in [0.1, 0.15) is 5.01 Å². The quantitative estimate of drug-likeness (QED) is 0.454. The molecule has 0 aromatic carbocycles. The summed E-state index contributed by atoms with van der Waals surface area (Å²) in [6.07, 6.45) is 6.71. The lowest BCUT2D eigenvalue weighted by Crippen LogP contribution is -2.37. The summed E-state index contributed by atoms with van der Waals surface area (Å²) in [5.41, 5.74) is 0. The summed E-state index contributed by atoms with van der Waals surface area (Å²) in [4.78, 5) is 9.91. The molecule has 0 fully saturated rings. The maximum absolute atomic E-state index is 4.38. The fourth-order valence-electron chi connectivity index (χ4n) is 1.55. The zero-order valence-electron chi connectivity index (χ0n) is 11.6. The van der Waals surface area contributed by atoms with Gasteiger partial charge in [0.15, 0.2) is 5.96 Å². The zero-order valence-corrected chi connectivity index (χ0v) is 12.4. The SMILES string of the molecule is CCCCCNC(=NC)NCc1ncc(CC)s1. The minimum atomic E-state index is 0.748. The third-order valence-electron chi connectivity index (χ3n) is 2.65. The maximum atomic E-state index is 4.38. The molecule has 1 aromatic heterocycles. The van der Waals surface area contributed by atoms with Crippen molar-refractivity contribution in [2.24, 2.45) is 4.99 Å². The van der Waals surface area contributed by atoms with Crippen LogP contribution in [0.2, 0.25) is 0 Å². The van der Waals surface area contributed by atoms with Gasteiger partial charge in [-0.05, 0) is 12.8 Å². The summed E-state index contributed by atoms with van der Waals surface area (Å²) in [5, 5.41) is 7.71. The van der Waals surface area contributed by atoms with Crippen LogP contribution in [0.4, 0.5) is 0 Å². The summed E-state index contributed by atoms with van der Waals surface area (Å²) >= 11 is 1.76. The van der Waals surface area contributed by atoms with Gasteiger partial charge in [0.05, 0.1) is 6.54 Å². The number of aromatic nitrogens is 1. The smallest absolute Gasteiger partial charge is 0.191 e. The molecule has 0 atom stereocenters. The molecule has 4 nitrogen and oxygen atoms in total. The highest BCUT2D eigenvalue weighted by Crippen LogP contribution is 2.12. The van der Waals surface area contributed by atoms with Gasteiger partial charge in [-0.15, -0.1) is 11.3 Å². The summed E-state index contributed by atoms with van der Waals surface area (Å²) in [6, 6.07) is 0. The molecule has 0 saturated carbocycles. The van der Waals surface area contributed by atoms with Crippen molar-refractivity contribution < 1.29 is 0 Å². The number of guanidine groups is 1. The van der Waals surface area contributed by atoms with Gasteiger partial charge in [-0.25, -0.2) is 4.98 Å². The average molecular weight is 268 g/mol. The Labute approximate surface area is 114 Å². The van der Waals surface area contributed by atoms with Gasteiger partial charge in [0, 0.05) is 24.7 Å². The van der Waals surface area contributed by atoms with E-state index in [2.05, 4.69) is 34.5 Å². The molecular weight excluding hydrogens is 244 g/mol. The van der Waals surface area contributed by atoms with Gasteiger partial charge in [-0.3, -0.25) is 4.99 Å². The minimum Gasteiger partial charge on any atom is -0.356 e. The Balaban J connectivity index is 2.26. The van der Waals surface area contributed by atoms with Crippen molar-refractivity contribution in [1.29, 1.82) is 0 Å². The van der Waals surface area contributed by atoms with E-state index in [0.29, 0.717) is 0 Å². The van der Waals surface area contributed by atoms with Crippen LogP contribution in [0.3, 0.4) is 0 Å². The Morgan fingerprint density at radius 2 is 2.17 bits per heavy atom. The molecule has 0 spiro atoms. The maximum Gasteiger partial charge on any atom is 0.191 e. The van der Waals surface area contributed by atoms with Gasteiger partial charge < -0.3 is 10.6 Å². The lowest BCUT2D eigenvalue weighted by atomic mass is 10.2. The number of hydrogen-bond donors (Lipinski definition) is 2. The van der Waals surface area contributed by atoms with E-state index < -0.39 is 0 Å². The first-order valence-electron chi connectivity index (χ1n) is 6.68. The van der Waals surface area contributed by atoms with E-state index in [-0.39, 0.29) is 0 Å². The zero-order chi connectivity index (χ0) is 13.2. The number of thiazole rings is 1. The van der Waals surface area contributed by atoms with Crippen LogP contribution < -0.4 is 10.6 Å². The third kappa shape index (κ3) is 5.49. The number of nitrogens with one attached hydrogen (secondary N) is 2. The van der Waals surface area contributed by atoms with Gasteiger partial charge in [-0.2, -0.15) is 0 Å². The van der Waals surface area contributed by atoms with Gasteiger partial charge in [0.2, 0.25) is 0 Å². The minimum absolute atomic E-state index is 0.748. The van der Waals surface area contributed by atoms with E-state index in [1.165, 1.54) is 24.1 Å². The Morgan fingerprint density at radius 1 is 1.33 bits per heavy atom. The van der Waals surface area contributed by atoms with E-state index in [9.17, 15) is 0 Å². The van der Waals surface area contributed by atoms with Gasteiger partial charge in [0.25, 0.3) is 0 Å². The van der Waals surface area contributed by atoms with E-state index in [0.717, 1.165) is 30.5 Å². The second-order valence-corrected chi connectivity index (χ2v) is 5.33. The summed E-state index contributed by atoms with van der Waals surface area (Å²) in [7, 11) is 1.80. The van der Waals surface area contributed by atoms with Crippen molar-refractivity contribution in [1.82, 2.24) is 15.6 Å². The van der Waals surface area contributed by atoms with Crippen LogP contribution in [-0.4, -0.2) is 24.5 Å². The fourth-order valence-corrected chi connectivity index (χ4v) is 2.36. The Kier molecular flexibility index (Phi) is 7.41. The van der Waals surface area contributed by atoms with Gasteiger partial charge >= 0.3 is 0 Å². The second-order valence-electron chi connectivity index (χ2n) is 4.13. The number of aryl methyl sites for hydroxylation is 1. The fraction of sp³-hybridized carbons (Fsp3) is 0.692. The molecule has 0 aliphatic carbocycles. The molecule has 0 aliphatic heterocycles. The molecule has 0 radical (unpaired) electrons. The van der Waals surface area contributed by atoms with Crippen molar-refractivity contribution in [2.45, 2.75) is 46.1 Å². The first-order chi connectivity index (χ1) is 8.80. The second kappa shape index (κ2) is 8.91. The molecule has 0 aliphatic rings. The van der Waals surface area contributed by atoms with Crippen molar-refractivity contribution in [3.8, 4) is 0 Å². The molecule has 2 N–H and O–H groups in total. The van der Waals surface area contributed by atoms with Crippen LogP contribution in [0.15, 0.2) is 11.2 Å². The first-order valence-corrected chi connectivity index (χ1v) is 7.49. The van der Waals surface area contributed by atoms with Crippen molar-refractivity contribution in [3.63, 3.8) is 0 Å². The molecule has 1 aromatic rings. The molecule has 0 bridgehead atoms. The largest absolute Gasteiger partial charge is 0.356 e. The molecule has 5 heteroatoms. The summed E-state index contributed by atoms with van der Waals surface area (Å²) < 4.78 is 0. The highest BCUT2D eigenvalue weighted by Gasteiger charge is 2.02. The molecular formula is C13H24N4S. The summed E-state index contributed by atoms with van der Waals surface area (Å²) in [6.45, 7) is 6.09. The van der Waals surface area contributed by atoms with Crippen LogP contribution in [-0.2, 0) is 13.0 Å². The number of unbranched alkanes of at least 4 members (excludes halogenated alkanes) is 2. The predicted octanol–water partition coefficient (Wildman–Crippen LogP) is 2.56. The number of nitrogens with zero attached hydrogens (tertiary/aromatic N) is 2. The lowest BCUT2D eigenvalue weighted by molar-refractivity contribution is 0.682. The number of aliphatic imine (C=N–C) groups is 1. The van der Waals surface area contributed by atoms with E-state index in [1.807, 2.05) is 6.20 Å². The highest BCUT2D eigenvalue weighted by atomic mass is 32.1. The van der Waals surface area contributed by atoms with Crippen molar-refractivity contribution >= 4 is 17.3 Å². The Morgan fingerprint density at radius 3 is 2.78 bits per heavy atom. The molecule has 18 heavy (non-hydrogen) atoms. The topological polar surface area (TPSA) is 49.3 Å². The first kappa shape index (κ1) is 15.0. The monoisotopic (exact) mass is 268 g/mol. The lowest BCUT2D eigenvalue weighted by Gasteiger charge is -2.10. The van der Waals surface area contributed by atoms with E-state index in [4.69, 9.17) is 0 Å². The van der Waals surface area contributed by atoms with Crippen LogP contribution >= 0.6 is 11.3 Å². The standard InChI is InChI=1S/C13H24N4S/c1-4-6-7-8-15-13(14-3)17-10-12-16-9-11(5-2)18-12/h9H,4-8,10H2,1-3H3,(H2,14,15,17). The van der Waals surface area contributed by atoms with Crippen LogP contribution in [0.1, 0.15) is 43.0 Å².